The largest absolute Gasteiger partial charge is 0.469 e. The van der Waals surface area contributed by atoms with Crippen LogP contribution in [0.2, 0.25) is 0 Å². The Balaban J connectivity index is 1.22. The lowest BCUT2D eigenvalue weighted by Crippen LogP contribution is -2.57. The van der Waals surface area contributed by atoms with Crippen LogP contribution >= 0.6 is 0 Å². The fraction of sp³-hybridized carbons (Fsp3) is 0.933. The van der Waals surface area contributed by atoms with Crippen LogP contribution in [0, 0.1) is 40.4 Å². The molecular weight excluding hydrogens is 438 g/mol. The van der Waals surface area contributed by atoms with Gasteiger partial charge in [-0.3, -0.25) is 9.59 Å². The van der Waals surface area contributed by atoms with E-state index in [2.05, 4.69) is 23.9 Å². The number of fused-ring (bicyclic) bond motifs is 5. The second kappa shape index (κ2) is 11.5. The second-order valence-corrected chi connectivity index (χ2v) is 13.0. The molecule has 0 spiro atoms. The van der Waals surface area contributed by atoms with E-state index in [1.165, 1.54) is 58.5 Å². The van der Waals surface area contributed by atoms with E-state index in [-0.39, 0.29) is 18.0 Å². The Morgan fingerprint density at radius 2 is 1.71 bits per heavy atom. The van der Waals surface area contributed by atoms with Crippen molar-refractivity contribution >= 4 is 11.9 Å². The first kappa shape index (κ1) is 26.9. The van der Waals surface area contributed by atoms with E-state index in [0.717, 1.165) is 44.4 Å². The summed E-state index contributed by atoms with van der Waals surface area (Å²) >= 11 is 0. The zero-order chi connectivity index (χ0) is 25.1. The Morgan fingerprint density at radius 3 is 2.51 bits per heavy atom. The maximum atomic E-state index is 12.3. The van der Waals surface area contributed by atoms with Crippen molar-refractivity contribution < 1.29 is 19.4 Å². The maximum absolute atomic E-state index is 12.3. The number of esters is 1. The third kappa shape index (κ3) is 5.60. The third-order valence-electron chi connectivity index (χ3n) is 11.4. The molecule has 8 unspecified atom stereocenters. The molecule has 8 atom stereocenters. The first-order valence-electron chi connectivity index (χ1n) is 14.8. The minimum atomic E-state index is -0.157. The van der Waals surface area contributed by atoms with E-state index < -0.39 is 0 Å². The smallest absolute Gasteiger partial charge is 0.305 e. The lowest BCUT2D eigenvalue weighted by Gasteiger charge is -2.62. The minimum absolute atomic E-state index is 0.0991. The summed E-state index contributed by atoms with van der Waals surface area (Å²) in [5.41, 5.74) is 0.801. The standard InChI is InChI=1S/C30H51NO4/c1-29-17-7-6-10-22(29)20-25(32)28-23-15-14-21(30(23,2)18-16-24(28)29)11-9-12-26(33)31-19-8-4-5-13-27(34)35-3/h21-25,28,32H,4-20H2,1-3H3,(H,31,33). The molecule has 0 aromatic rings. The van der Waals surface area contributed by atoms with Gasteiger partial charge in [-0.15, -0.1) is 0 Å². The number of aliphatic hydroxyl groups excluding tert-OH is 1. The average Bonchev–Trinajstić information content (AvgIpc) is 3.17. The summed E-state index contributed by atoms with van der Waals surface area (Å²) < 4.78 is 4.66. The zero-order valence-corrected chi connectivity index (χ0v) is 22.7. The van der Waals surface area contributed by atoms with Crippen molar-refractivity contribution in [3.63, 3.8) is 0 Å². The fourth-order valence-electron chi connectivity index (χ4n) is 9.34. The molecule has 4 aliphatic carbocycles. The molecule has 0 radical (unpaired) electrons. The normalized spacial score (nSPS) is 40.3. The van der Waals surface area contributed by atoms with Crippen LogP contribution in [0.25, 0.3) is 0 Å². The van der Waals surface area contributed by atoms with Crippen molar-refractivity contribution in [3.05, 3.63) is 0 Å². The van der Waals surface area contributed by atoms with Gasteiger partial charge in [0.1, 0.15) is 0 Å². The number of methoxy groups -OCH3 is 1. The first-order valence-corrected chi connectivity index (χ1v) is 14.8. The van der Waals surface area contributed by atoms with Gasteiger partial charge in [-0.1, -0.05) is 33.1 Å². The van der Waals surface area contributed by atoms with Crippen molar-refractivity contribution in [1.29, 1.82) is 0 Å². The van der Waals surface area contributed by atoms with Crippen LogP contribution < -0.4 is 5.32 Å². The third-order valence-corrected chi connectivity index (χ3v) is 11.4. The number of rotatable bonds is 10. The summed E-state index contributed by atoms with van der Waals surface area (Å²) in [5.74, 6) is 3.33. The van der Waals surface area contributed by atoms with Crippen LogP contribution in [0.15, 0.2) is 0 Å². The number of amides is 1. The number of nitrogens with one attached hydrogen (secondary N) is 1. The molecule has 0 aromatic carbocycles. The molecule has 4 rings (SSSR count). The molecule has 0 bridgehead atoms. The Bertz CT molecular complexity index is 740. The highest BCUT2D eigenvalue weighted by atomic mass is 16.5. The summed E-state index contributed by atoms with van der Waals surface area (Å²) in [6.45, 7) is 5.80. The lowest BCUT2D eigenvalue weighted by atomic mass is 9.44. The highest BCUT2D eigenvalue weighted by molar-refractivity contribution is 5.75. The molecule has 0 heterocycles. The van der Waals surface area contributed by atoms with Gasteiger partial charge >= 0.3 is 5.97 Å². The van der Waals surface area contributed by atoms with Crippen LogP contribution in [0.5, 0.6) is 0 Å². The number of carbonyl (C=O) groups excluding carboxylic acids is 2. The van der Waals surface area contributed by atoms with Gasteiger partial charge in [0.2, 0.25) is 5.91 Å². The van der Waals surface area contributed by atoms with Crippen LogP contribution in [0.3, 0.4) is 0 Å². The first-order chi connectivity index (χ1) is 16.8. The van der Waals surface area contributed by atoms with Gasteiger partial charge in [-0.25, -0.2) is 0 Å². The van der Waals surface area contributed by atoms with E-state index in [1.807, 2.05) is 0 Å². The van der Waals surface area contributed by atoms with E-state index in [1.54, 1.807) is 0 Å². The van der Waals surface area contributed by atoms with Crippen LogP contribution in [0.4, 0.5) is 0 Å². The molecule has 35 heavy (non-hydrogen) atoms. The Hall–Kier alpha value is -1.10. The maximum Gasteiger partial charge on any atom is 0.305 e. The van der Waals surface area contributed by atoms with Crippen molar-refractivity contribution in [3.8, 4) is 0 Å². The molecule has 4 fully saturated rings. The summed E-state index contributed by atoms with van der Waals surface area (Å²) in [4.78, 5) is 23.5. The molecular formula is C30H51NO4. The Morgan fingerprint density at radius 1 is 0.914 bits per heavy atom. The van der Waals surface area contributed by atoms with Crippen molar-refractivity contribution in [2.45, 2.75) is 123 Å². The van der Waals surface area contributed by atoms with Crippen molar-refractivity contribution in [2.75, 3.05) is 13.7 Å². The Labute approximate surface area is 213 Å². The summed E-state index contributed by atoms with van der Waals surface area (Å²) in [5, 5.41) is 14.4. The van der Waals surface area contributed by atoms with Gasteiger partial charge in [0.15, 0.2) is 0 Å². The summed E-state index contributed by atoms with van der Waals surface area (Å²) in [7, 11) is 1.42. The Kier molecular flexibility index (Phi) is 8.87. The van der Waals surface area contributed by atoms with Crippen molar-refractivity contribution in [1.82, 2.24) is 5.32 Å². The molecule has 200 valence electrons. The predicted molar refractivity (Wildman–Crippen MR) is 139 cm³/mol. The molecule has 4 saturated carbocycles. The van der Waals surface area contributed by atoms with Crippen molar-refractivity contribution in [2.24, 2.45) is 40.4 Å². The quantitative estimate of drug-likeness (QED) is 0.290. The SMILES string of the molecule is COC(=O)CCCCCNC(=O)CCCC1CCC2C3C(O)CC4CCCCC4(C)C3CCC12C. The molecule has 5 nitrogen and oxygen atoms in total. The number of hydrogen-bond donors (Lipinski definition) is 2. The fourth-order valence-corrected chi connectivity index (χ4v) is 9.34. The van der Waals surface area contributed by atoms with E-state index in [4.69, 9.17) is 0 Å². The topological polar surface area (TPSA) is 75.6 Å². The number of unbranched alkanes of at least 4 members (excludes halogenated alkanes) is 2. The average molecular weight is 490 g/mol. The molecule has 4 aliphatic rings. The summed E-state index contributed by atoms with van der Waals surface area (Å²) in [6.07, 6.45) is 17.4. The van der Waals surface area contributed by atoms with Gasteiger partial charge in [0, 0.05) is 19.4 Å². The molecule has 0 aromatic heterocycles. The van der Waals surface area contributed by atoms with Gasteiger partial charge in [0.25, 0.3) is 0 Å². The van der Waals surface area contributed by atoms with E-state index in [0.29, 0.717) is 53.9 Å². The van der Waals surface area contributed by atoms with Crippen LogP contribution in [0.1, 0.15) is 117 Å². The zero-order valence-electron chi connectivity index (χ0n) is 22.7. The van der Waals surface area contributed by atoms with E-state index >= 15 is 0 Å². The van der Waals surface area contributed by atoms with Gasteiger partial charge < -0.3 is 15.2 Å². The molecule has 0 saturated heterocycles. The highest BCUT2D eigenvalue weighted by Crippen LogP contribution is 2.67. The number of carbonyl (C=O) groups is 2. The van der Waals surface area contributed by atoms with Gasteiger partial charge in [0.05, 0.1) is 13.2 Å². The highest BCUT2D eigenvalue weighted by Gasteiger charge is 2.61. The lowest BCUT2D eigenvalue weighted by molar-refractivity contribution is -0.162. The molecule has 5 heteroatoms. The molecule has 0 aliphatic heterocycles. The molecule has 1 amide bonds. The molecule has 2 N–H and O–H groups in total. The minimum Gasteiger partial charge on any atom is -0.469 e. The monoisotopic (exact) mass is 489 g/mol. The van der Waals surface area contributed by atoms with Gasteiger partial charge in [-0.2, -0.15) is 0 Å². The second-order valence-electron chi connectivity index (χ2n) is 13.0. The van der Waals surface area contributed by atoms with Crippen LogP contribution in [-0.2, 0) is 14.3 Å². The number of aliphatic hydroxyl groups is 1. The predicted octanol–water partition coefficient (Wildman–Crippen LogP) is 6.03. The van der Waals surface area contributed by atoms with Gasteiger partial charge in [-0.05, 0) is 111 Å². The number of ether oxygens (including phenoxy) is 1. The van der Waals surface area contributed by atoms with E-state index in [9.17, 15) is 14.7 Å². The number of hydrogen-bond acceptors (Lipinski definition) is 4. The summed E-state index contributed by atoms with van der Waals surface area (Å²) in [6, 6.07) is 0. The van der Waals surface area contributed by atoms with Crippen LogP contribution in [-0.4, -0.2) is 36.7 Å².